The zero-order valence-corrected chi connectivity index (χ0v) is 9.23. The normalized spacial score (nSPS) is 11.7. The third-order valence-electron chi connectivity index (χ3n) is 2.07. The van der Waals surface area contributed by atoms with Crippen molar-refractivity contribution in [3.05, 3.63) is 29.6 Å². The Kier molecular flexibility index (Phi) is 3.75. The lowest BCUT2D eigenvalue weighted by molar-refractivity contribution is -0.137. The van der Waals surface area contributed by atoms with Gasteiger partial charge in [0.05, 0.1) is 11.3 Å². The molecule has 1 rings (SSSR count). The van der Waals surface area contributed by atoms with Gasteiger partial charge in [-0.2, -0.15) is 13.2 Å². The highest BCUT2D eigenvalue weighted by Gasteiger charge is 2.34. The first-order valence-corrected chi connectivity index (χ1v) is 4.89. The van der Waals surface area contributed by atoms with Gasteiger partial charge in [0, 0.05) is 5.92 Å². The molecule has 6 heteroatoms. The molecule has 0 atom stereocenters. The third kappa shape index (κ3) is 3.44. The average Bonchev–Trinajstić information content (AvgIpc) is 2.18. The lowest BCUT2D eigenvalue weighted by atomic mass is 10.1. The monoisotopic (exact) mass is 249 g/mol. The van der Waals surface area contributed by atoms with Crippen LogP contribution in [0.25, 0.3) is 0 Å². The van der Waals surface area contributed by atoms with Crippen molar-refractivity contribution in [3.8, 4) is 0 Å². The number of rotatable bonds is 2. The van der Waals surface area contributed by atoms with Crippen molar-refractivity contribution in [2.45, 2.75) is 20.0 Å². The van der Waals surface area contributed by atoms with E-state index in [9.17, 15) is 22.4 Å². The zero-order valence-electron chi connectivity index (χ0n) is 9.23. The van der Waals surface area contributed by atoms with Crippen LogP contribution in [0, 0.1) is 11.7 Å². The molecule has 0 fully saturated rings. The molecule has 1 aromatic rings. The Morgan fingerprint density at radius 1 is 1.29 bits per heavy atom. The van der Waals surface area contributed by atoms with Crippen LogP contribution >= 0.6 is 0 Å². The van der Waals surface area contributed by atoms with E-state index in [1.54, 1.807) is 13.8 Å². The first-order chi connectivity index (χ1) is 7.71. The molecule has 0 heterocycles. The SMILES string of the molecule is CC(C)C(=O)Nc1ccc(F)cc1C(F)(F)F. The van der Waals surface area contributed by atoms with Crippen LogP contribution < -0.4 is 5.32 Å². The Morgan fingerprint density at radius 3 is 2.35 bits per heavy atom. The summed E-state index contributed by atoms with van der Waals surface area (Å²) >= 11 is 0. The molecule has 94 valence electrons. The summed E-state index contributed by atoms with van der Waals surface area (Å²) in [6, 6.07) is 2.12. The third-order valence-corrected chi connectivity index (χ3v) is 2.07. The van der Waals surface area contributed by atoms with Gasteiger partial charge in [-0.25, -0.2) is 4.39 Å². The number of amides is 1. The summed E-state index contributed by atoms with van der Waals surface area (Å²) in [5, 5.41) is 2.12. The van der Waals surface area contributed by atoms with Crippen molar-refractivity contribution in [3.63, 3.8) is 0 Å². The van der Waals surface area contributed by atoms with E-state index in [0.29, 0.717) is 6.07 Å². The lowest BCUT2D eigenvalue weighted by Gasteiger charge is -2.14. The van der Waals surface area contributed by atoms with Crippen molar-refractivity contribution in [1.82, 2.24) is 0 Å². The largest absolute Gasteiger partial charge is 0.418 e. The van der Waals surface area contributed by atoms with E-state index >= 15 is 0 Å². The second kappa shape index (κ2) is 4.73. The second-order valence-corrected chi connectivity index (χ2v) is 3.83. The topological polar surface area (TPSA) is 29.1 Å². The number of hydrogen-bond acceptors (Lipinski definition) is 1. The molecule has 0 bridgehead atoms. The van der Waals surface area contributed by atoms with Gasteiger partial charge in [-0.1, -0.05) is 13.8 Å². The molecule has 0 spiro atoms. The highest BCUT2D eigenvalue weighted by molar-refractivity contribution is 5.92. The van der Waals surface area contributed by atoms with Crippen LogP contribution in [-0.2, 0) is 11.0 Å². The quantitative estimate of drug-likeness (QED) is 0.799. The minimum Gasteiger partial charge on any atom is -0.325 e. The summed E-state index contributed by atoms with van der Waals surface area (Å²) in [7, 11) is 0. The number of halogens is 4. The average molecular weight is 249 g/mol. The van der Waals surface area contributed by atoms with Crippen molar-refractivity contribution in [1.29, 1.82) is 0 Å². The Morgan fingerprint density at radius 2 is 1.88 bits per heavy atom. The van der Waals surface area contributed by atoms with Crippen LogP contribution in [0.5, 0.6) is 0 Å². The Hall–Kier alpha value is -1.59. The first kappa shape index (κ1) is 13.5. The van der Waals surface area contributed by atoms with Crippen LogP contribution in [-0.4, -0.2) is 5.91 Å². The number of hydrogen-bond donors (Lipinski definition) is 1. The Balaban J connectivity index is 3.12. The van der Waals surface area contributed by atoms with E-state index in [-0.39, 0.29) is 0 Å². The Labute approximate surface area is 95.6 Å². The smallest absolute Gasteiger partial charge is 0.325 e. The highest BCUT2D eigenvalue weighted by atomic mass is 19.4. The van der Waals surface area contributed by atoms with E-state index in [1.807, 2.05) is 0 Å². The molecule has 0 saturated carbocycles. The molecule has 0 saturated heterocycles. The Bertz CT molecular complexity index is 426. The predicted octanol–water partition coefficient (Wildman–Crippen LogP) is 3.44. The predicted molar refractivity (Wildman–Crippen MR) is 54.9 cm³/mol. The summed E-state index contributed by atoms with van der Waals surface area (Å²) in [4.78, 5) is 11.3. The van der Waals surface area contributed by atoms with E-state index < -0.39 is 35.1 Å². The van der Waals surface area contributed by atoms with E-state index in [4.69, 9.17) is 0 Å². The molecule has 0 aromatic heterocycles. The molecule has 0 aliphatic carbocycles. The summed E-state index contributed by atoms with van der Waals surface area (Å²) < 4.78 is 50.4. The molecule has 0 radical (unpaired) electrons. The van der Waals surface area contributed by atoms with Crippen molar-refractivity contribution >= 4 is 11.6 Å². The van der Waals surface area contributed by atoms with Gasteiger partial charge in [-0.05, 0) is 18.2 Å². The first-order valence-electron chi connectivity index (χ1n) is 4.89. The van der Waals surface area contributed by atoms with Gasteiger partial charge in [0.1, 0.15) is 5.82 Å². The van der Waals surface area contributed by atoms with Crippen LogP contribution in [0.3, 0.4) is 0 Å². The van der Waals surface area contributed by atoms with Gasteiger partial charge in [-0.3, -0.25) is 4.79 Å². The van der Waals surface area contributed by atoms with E-state index in [2.05, 4.69) is 5.32 Å². The van der Waals surface area contributed by atoms with Crippen LogP contribution in [0.4, 0.5) is 23.2 Å². The van der Waals surface area contributed by atoms with Gasteiger partial charge in [-0.15, -0.1) is 0 Å². The minimum atomic E-state index is -4.71. The lowest BCUT2D eigenvalue weighted by Crippen LogP contribution is -2.20. The molecule has 0 unspecified atom stereocenters. The second-order valence-electron chi connectivity index (χ2n) is 3.83. The maximum Gasteiger partial charge on any atom is 0.418 e. The van der Waals surface area contributed by atoms with Gasteiger partial charge < -0.3 is 5.32 Å². The maximum absolute atomic E-state index is 12.8. The van der Waals surface area contributed by atoms with Crippen molar-refractivity contribution < 1.29 is 22.4 Å². The number of nitrogens with one attached hydrogen (secondary N) is 1. The number of benzene rings is 1. The molecule has 1 aromatic carbocycles. The summed E-state index contributed by atoms with van der Waals surface area (Å²) in [5.41, 5.74) is -1.62. The van der Waals surface area contributed by atoms with Crippen molar-refractivity contribution in [2.75, 3.05) is 5.32 Å². The zero-order chi connectivity index (χ0) is 13.2. The van der Waals surface area contributed by atoms with Crippen LogP contribution in [0.1, 0.15) is 19.4 Å². The molecular formula is C11H11F4NO. The fourth-order valence-corrected chi connectivity index (χ4v) is 1.14. The fraction of sp³-hybridized carbons (Fsp3) is 0.364. The molecule has 2 nitrogen and oxygen atoms in total. The van der Waals surface area contributed by atoms with Crippen LogP contribution in [0.2, 0.25) is 0 Å². The summed E-state index contributed by atoms with van der Waals surface area (Å²) in [5.74, 6) is -2.01. The van der Waals surface area contributed by atoms with Gasteiger partial charge in [0.2, 0.25) is 5.91 Å². The molecule has 17 heavy (non-hydrogen) atoms. The standard InChI is InChI=1S/C11H11F4NO/c1-6(2)10(17)16-9-4-3-7(12)5-8(9)11(13,14)15/h3-6H,1-2H3,(H,16,17). The molecule has 1 N–H and O–H groups in total. The molecular weight excluding hydrogens is 238 g/mol. The van der Waals surface area contributed by atoms with Gasteiger partial charge in [0.25, 0.3) is 0 Å². The molecule has 0 aliphatic rings. The van der Waals surface area contributed by atoms with E-state index in [1.165, 1.54) is 0 Å². The van der Waals surface area contributed by atoms with Crippen molar-refractivity contribution in [2.24, 2.45) is 5.92 Å². The fourth-order valence-electron chi connectivity index (χ4n) is 1.14. The maximum atomic E-state index is 12.8. The summed E-state index contributed by atoms with van der Waals surface area (Å²) in [6.07, 6.45) is -4.71. The highest BCUT2D eigenvalue weighted by Crippen LogP contribution is 2.35. The minimum absolute atomic E-state index is 0.357. The number of carbonyl (C=O) groups is 1. The molecule has 1 amide bonds. The van der Waals surface area contributed by atoms with Crippen LogP contribution in [0.15, 0.2) is 18.2 Å². The number of alkyl halides is 3. The number of carbonyl (C=O) groups excluding carboxylic acids is 1. The number of anilines is 1. The molecule has 0 aliphatic heterocycles. The van der Waals surface area contributed by atoms with E-state index in [0.717, 1.165) is 12.1 Å². The van der Waals surface area contributed by atoms with Gasteiger partial charge in [0.15, 0.2) is 0 Å². The summed E-state index contributed by atoms with van der Waals surface area (Å²) in [6.45, 7) is 3.10. The van der Waals surface area contributed by atoms with Gasteiger partial charge >= 0.3 is 6.18 Å².